The van der Waals surface area contributed by atoms with Gasteiger partial charge in [0, 0.05) is 25.2 Å². The lowest BCUT2D eigenvalue weighted by molar-refractivity contribution is -0.123. The van der Waals surface area contributed by atoms with Gasteiger partial charge in [0.1, 0.15) is 0 Å². The van der Waals surface area contributed by atoms with Gasteiger partial charge in [-0.25, -0.2) is 0 Å². The van der Waals surface area contributed by atoms with Crippen molar-refractivity contribution in [3.8, 4) is 0 Å². The summed E-state index contributed by atoms with van der Waals surface area (Å²) in [6.07, 6.45) is 3.11. The Hall–Kier alpha value is -1.88. The number of benzene rings is 1. The van der Waals surface area contributed by atoms with Gasteiger partial charge in [-0.05, 0) is 37.0 Å². The molecule has 1 saturated carbocycles. The van der Waals surface area contributed by atoms with Crippen LogP contribution < -0.4 is 16.0 Å². The second-order valence-corrected chi connectivity index (χ2v) is 5.65. The number of anilines is 1. The van der Waals surface area contributed by atoms with Crippen molar-refractivity contribution in [1.29, 1.82) is 0 Å². The second-order valence-electron chi connectivity index (χ2n) is 5.65. The van der Waals surface area contributed by atoms with Crippen molar-refractivity contribution in [3.05, 3.63) is 29.8 Å². The van der Waals surface area contributed by atoms with Crippen LogP contribution in [-0.4, -0.2) is 23.9 Å². The molecule has 106 valence electrons. The Labute approximate surface area is 118 Å². The van der Waals surface area contributed by atoms with E-state index >= 15 is 0 Å². The van der Waals surface area contributed by atoms with Crippen LogP contribution in [0.4, 0.5) is 5.69 Å². The van der Waals surface area contributed by atoms with Crippen molar-refractivity contribution in [2.75, 3.05) is 11.4 Å². The largest absolute Gasteiger partial charge is 0.350 e. The molecule has 0 radical (unpaired) electrons. The molecule has 5 heteroatoms. The van der Waals surface area contributed by atoms with Crippen LogP contribution in [-0.2, 0) is 16.1 Å². The quantitative estimate of drug-likeness (QED) is 0.856. The normalized spacial score (nSPS) is 20.1. The molecule has 1 aromatic rings. The number of hydrogen-bond acceptors (Lipinski definition) is 3. The molecule has 0 unspecified atom stereocenters. The van der Waals surface area contributed by atoms with Crippen LogP contribution in [0.2, 0.25) is 0 Å². The summed E-state index contributed by atoms with van der Waals surface area (Å²) in [5, 5.41) is 2.85. The molecule has 1 aliphatic carbocycles. The van der Waals surface area contributed by atoms with Crippen LogP contribution in [0.3, 0.4) is 0 Å². The fraction of sp³-hybridized carbons (Fsp3) is 0.467. The van der Waals surface area contributed by atoms with Gasteiger partial charge >= 0.3 is 0 Å². The van der Waals surface area contributed by atoms with Crippen LogP contribution in [0.25, 0.3) is 0 Å². The van der Waals surface area contributed by atoms with Gasteiger partial charge in [-0.2, -0.15) is 0 Å². The zero-order chi connectivity index (χ0) is 14.2. The third-order valence-electron chi connectivity index (χ3n) is 4.02. The fourth-order valence-corrected chi connectivity index (χ4v) is 2.43. The Morgan fingerprint density at radius 3 is 2.55 bits per heavy atom. The number of nitrogens with one attached hydrogen (secondary N) is 1. The maximum absolute atomic E-state index is 11.7. The zero-order valence-electron chi connectivity index (χ0n) is 11.4. The van der Waals surface area contributed by atoms with Crippen molar-refractivity contribution in [2.24, 2.45) is 5.73 Å². The van der Waals surface area contributed by atoms with Crippen LogP contribution in [0.15, 0.2) is 24.3 Å². The molecule has 5 nitrogen and oxygen atoms in total. The van der Waals surface area contributed by atoms with Gasteiger partial charge in [0.25, 0.3) is 0 Å². The van der Waals surface area contributed by atoms with Gasteiger partial charge in [0.15, 0.2) is 0 Å². The first-order valence-corrected chi connectivity index (χ1v) is 7.05. The highest BCUT2D eigenvalue weighted by Gasteiger charge is 2.45. The van der Waals surface area contributed by atoms with E-state index in [4.69, 9.17) is 5.73 Å². The van der Waals surface area contributed by atoms with Crippen LogP contribution >= 0.6 is 0 Å². The summed E-state index contributed by atoms with van der Waals surface area (Å²) >= 11 is 0. The predicted octanol–water partition coefficient (Wildman–Crippen LogP) is 0.921. The summed E-state index contributed by atoms with van der Waals surface area (Å²) in [6.45, 7) is 1.27. The molecule has 3 rings (SSSR count). The molecule has 1 aromatic carbocycles. The van der Waals surface area contributed by atoms with Gasteiger partial charge in [0.05, 0.1) is 5.54 Å². The Bertz CT molecular complexity index is 535. The van der Waals surface area contributed by atoms with E-state index in [1.54, 1.807) is 4.90 Å². The van der Waals surface area contributed by atoms with Gasteiger partial charge < -0.3 is 16.0 Å². The molecular formula is C15H19N3O2. The van der Waals surface area contributed by atoms with Crippen molar-refractivity contribution in [3.63, 3.8) is 0 Å². The molecule has 1 aliphatic heterocycles. The lowest BCUT2D eigenvalue weighted by atomic mass is 10.2. The number of carbonyl (C=O) groups is 2. The van der Waals surface area contributed by atoms with E-state index in [9.17, 15) is 9.59 Å². The van der Waals surface area contributed by atoms with Crippen molar-refractivity contribution < 1.29 is 9.59 Å². The van der Waals surface area contributed by atoms with E-state index in [2.05, 4.69) is 5.32 Å². The average Bonchev–Trinajstić information content (AvgIpc) is 3.07. The molecule has 3 N–H and O–H groups in total. The molecule has 0 atom stereocenters. The van der Waals surface area contributed by atoms with E-state index in [1.165, 1.54) is 0 Å². The first-order valence-electron chi connectivity index (χ1n) is 7.05. The van der Waals surface area contributed by atoms with E-state index in [0.29, 0.717) is 13.0 Å². The fourth-order valence-electron chi connectivity index (χ4n) is 2.43. The molecule has 1 heterocycles. The Morgan fingerprint density at radius 1 is 1.30 bits per heavy atom. The first kappa shape index (κ1) is 13.1. The molecule has 0 spiro atoms. The smallest absolute Gasteiger partial charge is 0.240 e. The minimum Gasteiger partial charge on any atom is -0.350 e. The topological polar surface area (TPSA) is 75.4 Å². The van der Waals surface area contributed by atoms with Crippen LogP contribution in [0.5, 0.6) is 0 Å². The lowest BCUT2D eigenvalue weighted by Gasteiger charge is -2.16. The molecule has 0 bridgehead atoms. The average molecular weight is 273 g/mol. The van der Waals surface area contributed by atoms with Gasteiger partial charge in [-0.1, -0.05) is 12.1 Å². The molecule has 2 fully saturated rings. The van der Waals surface area contributed by atoms with Crippen molar-refractivity contribution in [1.82, 2.24) is 5.32 Å². The van der Waals surface area contributed by atoms with E-state index in [-0.39, 0.29) is 11.8 Å². The summed E-state index contributed by atoms with van der Waals surface area (Å²) < 4.78 is 0. The maximum Gasteiger partial charge on any atom is 0.240 e. The van der Waals surface area contributed by atoms with Crippen LogP contribution in [0, 0.1) is 0 Å². The second kappa shape index (κ2) is 4.90. The molecular weight excluding hydrogens is 254 g/mol. The predicted molar refractivity (Wildman–Crippen MR) is 76.0 cm³/mol. The van der Waals surface area contributed by atoms with E-state index in [0.717, 1.165) is 37.1 Å². The lowest BCUT2D eigenvalue weighted by Crippen LogP contribution is -2.42. The number of amides is 2. The Morgan fingerprint density at radius 2 is 2.00 bits per heavy atom. The first-order chi connectivity index (χ1) is 9.58. The molecule has 2 aliphatic rings. The van der Waals surface area contributed by atoms with Gasteiger partial charge in [0.2, 0.25) is 11.8 Å². The SMILES string of the molecule is NC1(C(=O)NCc2ccc(N3CCCC3=O)cc2)CC1. The monoisotopic (exact) mass is 273 g/mol. The summed E-state index contributed by atoms with van der Waals surface area (Å²) in [4.78, 5) is 25.2. The third-order valence-corrected chi connectivity index (χ3v) is 4.02. The Balaban J connectivity index is 1.58. The Kier molecular flexibility index (Phi) is 3.22. The third kappa shape index (κ3) is 2.54. The number of nitrogens with two attached hydrogens (primary N) is 1. The highest BCUT2D eigenvalue weighted by atomic mass is 16.2. The molecule has 1 saturated heterocycles. The van der Waals surface area contributed by atoms with E-state index in [1.807, 2.05) is 24.3 Å². The number of rotatable bonds is 4. The van der Waals surface area contributed by atoms with Gasteiger partial charge in [-0.3, -0.25) is 9.59 Å². The number of nitrogens with zero attached hydrogens (tertiary/aromatic N) is 1. The van der Waals surface area contributed by atoms with Gasteiger partial charge in [-0.15, -0.1) is 0 Å². The maximum atomic E-state index is 11.7. The minimum absolute atomic E-state index is 0.0729. The number of carbonyl (C=O) groups excluding carboxylic acids is 2. The molecule has 20 heavy (non-hydrogen) atoms. The molecule has 2 amide bonds. The van der Waals surface area contributed by atoms with Crippen molar-refractivity contribution >= 4 is 17.5 Å². The van der Waals surface area contributed by atoms with E-state index < -0.39 is 5.54 Å². The summed E-state index contributed by atoms with van der Waals surface area (Å²) in [7, 11) is 0. The standard InChI is InChI=1S/C15H19N3O2/c16-15(7-8-15)14(20)17-10-11-3-5-12(6-4-11)18-9-1-2-13(18)19/h3-6H,1-2,7-10,16H2,(H,17,20). The number of hydrogen-bond donors (Lipinski definition) is 2. The summed E-state index contributed by atoms with van der Waals surface area (Å²) in [5.41, 5.74) is 7.14. The van der Waals surface area contributed by atoms with Crippen LogP contribution in [0.1, 0.15) is 31.2 Å². The summed E-state index contributed by atoms with van der Waals surface area (Å²) in [6, 6.07) is 7.74. The minimum atomic E-state index is -0.623. The summed E-state index contributed by atoms with van der Waals surface area (Å²) in [5.74, 6) is 0.112. The molecule has 0 aromatic heterocycles. The zero-order valence-corrected chi connectivity index (χ0v) is 11.4. The van der Waals surface area contributed by atoms with Crippen molar-refractivity contribution in [2.45, 2.75) is 37.8 Å². The highest BCUT2D eigenvalue weighted by molar-refractivity contribution is 5.95. The highest BCUT2D eigenvalue weighted by Crippen LogP contribution is 2.32.